The number of hydrogen-bond donors (Lipinski definition) is 1. The van der Waals surface area contributed by atoms with E-state index in [2.05, 4.69) is 10.1 Å². The maximum absolute atomic E-state index is 13.1. The summed E-state index contributed by atoms with van der Waals surface area (Å²) < 4.78 is 18.3. The number of rotatable bonds is 5. The van der Waals surface area contributed by atoms with Crippen molar-refractivity contribution in [2.75, 3.05) is 7.05 Å². The van der Waals surface area contributed by atoms with E-state index < -0.39 is 5.54 Å². The molecule has 0 atom stereocenters. The van der Waals surface area contributed by atoms with Crippen molar-refractivity contribution >= 4 is 12.4 Å². The summed E-state index contributed by atoms with van der Waals surface area (Å²) in [6.07, 6.45) is 0. The van der Waals surface area contributed by atoms with Gasteiger partial charge in [0, 0.05) is 6.54 Å². The van der Waals surface area contributed by atoms with E-state index in [4.69, 9.17) is 10.3 Å². The van der Waals surface area contributed by atoms with Gasteiger partial charge in [0.1, 0.15) is 5.82 Å². The van der Waals surface area contributed by atoms with E-state index >= 15 is 0 Å². The van der Waals surface area contributed by atoms with E-state index in [1.54, 1.807) is 6.07 Å². The topological polar surface area (TPSA) is 68.2 Å². The third-order valence-corrected chi connectivity index (χ3v) is 2.79. The lowest BCUT2D eigenvalue weighted by Gasteiger charge is -2.14. The minimum absolute atomic E-state index is 0. The molecule has 2 rings (SSSR count). The molecule has 116 valence electrons. The zero-order valence-corrected chi connectivity index (χ0v) is 13.2. The molecule has 0 saturated carbocycles. The van der Waals surface area contributed by atoms with Gasteiger partial charge in [-0.15, -0.1) is 12.4 Å². The monoisotopic (exact) mass is 314 g/mol. The van der Waals surface area contributed by atoms with Crippen LogP contribution in [0.5, 0.6) is 0 Å². The van der Waals surface area contributed by atoms with Crippen LogP contribution in [0.4, 0.5) is 4.39 Å². The molecular formula is C14H20ClFN4O. The molecule has 2 N–H and O–H groups in total. The molecule has 1 heterocycles. The Balaban J connectivity index is 0.00000220. The quantitative estimate of drug-likeness (QED) is 0.918. The first-order chi connectivity index (χ1) is 9.34. The van der Waals surface area contributed by atoms with Crippen LogP contribution in [0.15, 0.2) is 28.8 Å². The molecule has 0 spiro atoms. The number of nitrogens with zero attached hydrogens (tertiary/aromatic N) is 3. The molecule has 0 unspecified atom stereocenters. The molecule has 7 heteroatoms. The second-order valence-electron chi connectivity index (χ2n) is 5.54. The fourth-order valence-corrected chi connectivity index (χ4v) is 1.81. The van der Waals surface area contributed by atoms with Crippen LogP contribution in [0, 0.1) is 5.82 Å². The van der Waals surface area contributed by atoms with Crippen LogP contribution in [0.25, 0.3) is 0 Å². The molecule has 1 aromatic heterocycles. The molecule has 21 heavy (non-hydrogen) atoms. The predicted octanol–water partition coefficient (Wildman–Crippen LogP) is 2.46. The first kappa shape index (κ1) is 17.6. The summed E-state index contributed by atoms with van der Waals surface area (Å²) in [5, 5.41) is 3.86. The van der Waals surface area contributed by atoms with E-state index in [1.807, 2.05) is 31.9 Å². The van der Waals surface area contributed by atoms with Crippen LogP contribution in [0.1, 0.15) is 31.1 Å². The Morgan fingerprint density at radius 2 is 2.05 bits per heavy atom. The number of hydrogen-bond acceptors (Lipinski definition) is 5. The number of halogens is 2. The molecule has 0 amide bonds. The third kappa shape index (κ3) is 5.08. The lowest BCUT2D eigenvalue weighted by molar-refractivity contribution is 0.259. The highest BCUT2D eigenvalue weighted by atomic mass is 35.5. The highest BCUT2D eigenvalue weighted by Crippen LogP contribution is 2.14. The SMILES string of the molecule is CN(Cc1cccc(F)c1)Cc1nc(C(C)(C)N)no1.Cl. The highest BCUT2D eigenvalue weighted by molar-refractivity contribution is 5.85. The summed E-state index contributed by atoms with van der Waals surface area (Å²) >= 11 is 0. The van der Waals surface area contributed by atoms with Gasteiger partial charge in [-0.25, -0.2) is 4.39 Å². The minimum atomic E-state index is -0.622. The van der Waals surface area contributed by atoms with Crippen molar-refractivity contribution in [3.05, 3.63) is 47.4 Å². The van der Waals surface area contributed by atoms with Gasteiger partial charge >= 0.3 is 0 Å². The zero-order chi connectivity index (χ0) is 14.8. The molecule has 0 aliphatic heterocycles. The Bertz CT molecular complexity index is 582. The standard InChI is InChI=1S/C14H19FN4O.ClH/c1-14(2,16)13-17-12(20-18-13)9-19(3)8-10-5-4-6-11(15)7-10;/h4-7H,8-9,16H2,1-3H3;1H. The van der Waals surface area contributed by atoms with Crippen molar-refractivity contribution in [2.24, 2.45) is 5.73 Å². The van der Waals surface area contributed by atoms with Crippen LogP contribution in [0.2, 0.25) is 0 Å². The van der Waals surface area contributed by atoms with E-state index in [0.717, 1.165) is 5.56 Å². The molecule has 0 fully saturated rings. The van der Waals surface area contributed by atoms with Gasteiger partial charge in [-0.2, -0.15) is 4.98 Å². The summed E-state index contributed by atoms with van der Waals surface area (Å²) in [6, 6.07) is 6.51. The lowest BCUT2D eigenvalue weighted by Crippen LogP contribution is -2.30. The van der Waals surface area contributed by atoms with Gasteiger partial charge in [0.05, 0.1) is 12.1 Å². The highest BCUT2D eigenvalue weighted by Gasteiger charge is 2.21. The maximum Gasteiger partial charge on any atom is 0.240 e. The molecule has 0 bridgehead atoms. The first-order valence-corrected chi connectivity index (χ1v) is 6.39. The van der Waals surface area contributed by atoms with Gasteiger partial charge in [-0.1, -0.05) is 17.3 Å². The summed E-state index contributed by atoms with van der Waals surface area (Å²) in [5.74, 6) is 0.741. The van der Waals surface area contributed by atoms with Crippen molar-refractivity contribution < 1.29 is 8.91 Å². The maximum atomic E-state index is 13.1. The van der Waals surface area contributed by atoms with Crippen molar-refractivity contribution in [2.45, 2.75) is 32.5 Å². The van der Waals surface area contributed by atoms with Crippen LogP contribution in [-0.2, 0) is 18.6 Å². The molecule has 0 aliphatic rings. The van der Waals surface area contributed by atoms with Crippen molar-refractivity contribution in [1.29, 1.82) is 0 Å². The van der Waals surface area contributed by atoms with Crippen LogP contribution in [-0.4, -0.2) is 22.1 Å². The van der Waals surface area contributed by atoms with Crippen molar-refractivity contribution in [3.63, 3.8) is 0 Å². The molecule has 1 aromatic carbocycles. The Hall–Kier alpha value is -1.50. The van der Waals surface area contributed by atoms with E-state index in [-0.39, 0.29) is 18.2 Å². The summed E-state index contributed by atoms with van der Waals surface area (Å²) in [5.41, 5.74) is 6.17. The fourth-order valence-electron chi connectivity index (χ4n) is 1.81. The minimum Gasteiger partial charge on any atom is -0.338 e. The first-order valence-electron chi connectivity index (χ1n) is 6.39. The molecule has 0 aliphatic carbocycles. The second kappa shape index (κ2) is 6.98. The summed E-state index contributed by atoms with van der Waals surface area (Å²) in [4.78, 5) is 6.23. The van der Waals surface area contributed by atoms with Crippen molar-refractivity contribution in [3.8, 4) is 0 Å². The van der Waals surface area contributed by atoms with Crippen molar-refractivity contribution in [1.82, 2.24) is 15.0 Å². The zero-order valence-electron chi connectivity index (χ0n) is 12.3. The second-order valence-corrected chi connectivity index (χ2v) is 5.54. The van der Waals surface area contributed by atoms with Crippen LogP contribution < -0.4 is 5.73 Å². The van der Waals surface area contributed by atoms with E-state index in [1.165, 1.54) is 12.1 Å². The Morgan fingerprint density at radius 3 is 2.62 bits per heavy atom. The average Bonchev–Trinajstić information content (AvgIpc) is 2.76. The molecular weight excluding hydrogens is 295 g/mol. The third-order valence-electron chi connectivity index (χ3n) is 2.79. The number of benzene rings is 1. The molecule has 0 radical (unpaired) electrons. The van der Waals surface area contributed by atoms with Gasteiger partial charge in [0.2, 0.25) is 5.89 Å². The largest absolute Gasteiger partial charge is 0.338 e. The van der Waals surface area contributed by atoms with E-state index in [0.29, 0.717) is 24.8 Å². The van der Waals surface area contributed by atoms with Gasteiger partial charge in [0.25, 0.3) is 0 Å². The molecule has 2 aromatic rings. The number of aromatic nitrogens is 2. The average molecular weight is 315 g/mol. The van der Waals surface area contributed by atoms with Gasteiger partial charge in [0.15, 0.2) is 5.82 Å². The van der Waals surface area contributed by atoms with Gasteiger partial charge in [-0.3, -0.25) is 4.90 Å². The molecule has 0 saturated heterocycles. The normalized spacial score (nSPS) is 11.5. The summed E-state index contributed by atoms with van der Waals surface area (Å²) in [6.45, 7) is 4.72. The predicted molar refractivity (Wildman–Crippen MR) is 80.3 cm³/mol. The number of nitrogens with two attached hydrogens (primary N) is 1. The molecule has 5 nitrogen and oxygen atoms in total. The van der Waals surface area contributed by atoms with Gasteiger partial charge in [-0.05, 0) is 38.6 Å². The smallest absolute Gasteiger partial charge is 0.240 e. The van der Waals surface area contributed by atoms with Crippen LogP contribution in [0.3, 0.4) is 0 Å². The Kier molecular flexibility index (Phi) is 5.83. The Morgan fingerprint density at radius 1 is 1.33 bits per heavy atom. The summed E-state index contributed by atoms with van der Waals surface area (Å²) in [7, 11) is 1.91. The lowest BCUT2D eigenvalue weighted by atomic mass is 10.1. The van der Waals surface area contributed by atoms with Crippen LogP contribution >= 0.6 is 12.4 Å². The Labute approximate surface area is 129 Å². The van der Waals surface area contributed by atoms with E-state index in [9.17, 15) is 4.39 Å². The van der Waals surface area contributed by atoms with Gasteiger partial charge < -0.3 is 10.3 Å². The fraction of sp³-hybridized carbons (Fsp3) is 0.429.